The van der Waals surface area contributed by atoms with Gasteiger partial charge in [0.2, 0.25) is 0 Å². The third-order valence-corrected chi connectivity index (χ3v) is 7.80. The normalized spacial score (nSPS) is 33.5. The summed E-state index contributed by atoms with van der Waals surface area (Å²) >= 11 is 0. The minimum absolute atomic E-state index is 0.558. The second-order valence-electron chi connectivity index (χ2n) is 4.81. The molecular weight excluding hydrogens is 176 g/mol. The van der Waals surface area contributed by atoms with Gasteiger partial charge in [0.1, 0.15) is 0 Å². The molecule has 0 radical (unpaired) electrons. The maximum absolute atomic E-state index is 5.91. The Balaban J connectivity index is 1.83. The zero-order valence-corrected chi connectivity index (χ0v) is 9.95. The van der Waals surface area contributed by atoms with Crippen molar-refractivity contribution in [3.63, 3.8) is 0 Å². The van der Waals surface area contributed by atoms with Crippen molar-refractivity contribution < 1.29 is 4.74 Å². The first kappa shape index (κ1) is 9.72. The Kier molecular flexibility index (Phi) is 3.44. The van der Waals surface area contributed by atoms with Crippen LogP contribution in [0.3, 0.4) is 0 Å². The van der Waals surface area contributed by atoms with Crippen molar-refractivity contribution in [2.24, 2.45) is 0 Å². The van der Waals surface area contributed by atoms with Crippen molar-refractivity contribution in [3.8, 4) is 0 Å². The van der Waals surface area contributed by atoms with Gasteiger partial charge in [-0.05, 0) is 24.8 Å². The van der Waals surface area contributed by atoms with Crippen LogP contribution in [0.5, 0.6) is 0 Å². The van der Waals surface area contributed by atoms with Crippen molar-refractivity contribution in [2.45, 2.75) is 62.8 Å². The lowest BCUT2D eigenvalue weighted by Crippen LogP contribution is -2.36. The topological polar surface area (TPSA) is 9.23 Å². The fraction of sp³-hybridized carbons (Fsp3) is 1.00. The quantitative estimate of drug-likeness (QED) is 0.620. The second-order valence-corrected chi connectivity index (χ2v) is 8.21. The summed E-state index contributed by atoms with van der Waals surface area (Å²) < 4.78 is 5.91. The average molecular weight is 198 g/mol. The molecule has 0 bridgehead atoms. The van der Waals surface area contributed by atoms with Crippen LogP contribution in [-0.4, -0.2) is 21.1 Å². The van der Waals surface area contributed by atoms with Gasteiger partial charge in [-0.15, -0.1) is 0 Å². The highest BCUT2D eigenvalue weighted by atomic mass is 28.3. The van der Waals surface area contributed by atoms with E-state index in [0.717, 1.165) is 17.9 Å². The van der Waals surface area contributed by atoms with E-state index in [1.165, 1.54) is 44.9 Å². The smallest absolute Gasteiger partial charge is 0.0717 e. The maximum atomic E-state index is 5.91. The van der Waals surface area contributed by atoms with E-state index in [1.54, 1.807) is 0 Å². The molecule has 0 spiro atoms. The summed E-state index contributed by atoms with van der Waals surface area (Å²) in [5.74, 6) is 0. The highest BCUT2D eigenvalue weighted by Crippen LogP contribution is 2.35. The third-order valence-electron chi connectivity index (χ3n) is 3.94. The largest absolute Gasteiger partial charge is 0.382 e. The van der Waals surface area contributed by atoms with E-state index in [4.69, 9.17) is 4.74 Å². The van der Waals surface area contributed by atoms with Gasteiger partial charge in [0.15, 0.2) is 0 Å². The molecule has 1 saturated carbocycles. The summed E-state index contributed by atoms with van der Waals surface area (Å²) in [5, 5.41) is 0. The number of hydrogen-bond donors (Lipinski definition) is 0. The van der Waals surface area contributed by atoms with Gasteiger partial charge in [-0.25, -0.2) is 0 Å². The Bertz CT molecular complexity index is 148. The van der Waals surface area contributed by atoms with E-state index in [-0.39, 0.29) is 0 Å². The lowest BCUT2D eigenvalue weighted by atomic mass is 10.2. The van der Waals surface area contributed by atoms with E-state index < -0.39 is 8.80 Å². The number of rotatable bonds is 2. The van der Waals surface area contributed by atoms with Crippen LogP contribution in [0.2, 0.25) is 12.1 Å². The molecular formula is C11H22OSi. The molecule has 0 amide bonds. The molecule has 0 aromatic carbocycles. The standard InChI is InChI=1S/C11H22OSi/c1-13(10-6-2-3-7-10)11-8-4-5-9-12-11/h10-11,13H,2-9H2,1H3. The van der Waals surface area contributed by atoms with E-state index in [0.29, 0.717) is 0 Å². The lowest BCUT2D eigenvalue weighted by molar-refractivity contribution is 0.0617. The highest BCUT2D eigenvalue weighted by Gasteiger charge is 2.30. The molecule has 1 saturated heterocycles. The van der Waals surface area contributed by atoms with E-state index >= 15 is 0 Å². The van der Waals surface area contributed by atoms with Gasteiger partial charge < -0.3 is 4.74 Å². The van der Waals surface area contributed by atoms with Crippen molar-refractivity contribution in [1.82, 2.24) is 0 Å². The zero-order valence-electron chi connectivity index (χ0n) is 8.80. The first-order valence-electron chi connectivity index (χ1n) is 5.99. The molecule has 1 aliphatic heterocycles. The fourth-order valence-corrected chi connectivity index (χ4v) is 6.30. The molecule has 2 fully saturated rings. The zero-order chi connectivity index (χ0) is 9.10. The predicted octanol–water partition coefficient (Wildman–Crippen LogP) is 2.90. The lowest BCUT2D eigenvalue weighted by Gasteiger charge is -2.30. The molecule has 2 unspecified atom stereocenters. The molecule has 1 heterocycles. The summed E-state index contributed by atoms with van der Waals surface area (Å²) in [6, 6.07) is 0. The highest BCUT2D eigenvalue weighted by molar-refractivity contribution is 6.60. The van der Waals surface area contributed by atoms with Crippen LogP contribution in [-0.2, 0) is 4.74 Å². The summed E-state index contributed by atoms with van der Waals surface area (Å²) in [6.07, 6.45) is 10.1. The molecule has 1 nitrogen and oxygen atoms in total. The third kappa shape index (κ3) is 2.35. The fourth-order valence-electron chi connectivity index (χ4n) is 2.97. The Hall–Kier alpha value is 0.177. The van der Waals surface area contributed by atoms with Gasteiger partial charge in [-0.1, -0.05) is 32.2 Å². The molecule has 2 heteroatoms. The first-order valence-corrected chi connectivity index (χ1v) is 8.48. The molecule has 1 aliphatic carbocycles. The van der Waals surface area contributed by atoms with Crippen LogP contribution in [0.25, 0.3) is 0 Å². The maximum Gasteiger partial charge on any atom is 0.0717 e. The van der Waals surface area contributed by atoms with Gasteiger partial charge in [0, 0.05) is 12.3 Å². The van der Waals surface area contributed by atoms with E-state index in [9.17, 15) is 0 Å². The molecule has 2 rings (SSSR count). The van der Waals surface area contributed by atoms with Gasteiger partial charge in [0.05, 0.1) is 8.80 Å². The van der Waals surface area contributed by atoms with Crippen molar-refractivity contribution >= 4 is 8.80 Å². The molecule has 2 aliphatic rings. The van der Waals surface area contributed by atoms with Gasteiger partial charge in [0.25, 0.3) is 0 Å². The number of ether oxygens (including phenoxy) is 1. The van der Waals surface area contributed by atoms with Crippen molar-refractivity contribution in [3.05, 3.63) is 0 Å². The molecule has 13 heavy (non-hydrogen) atoms. The minimum Gasteiger partial charge on any atom is -0.382 e. The van der Waals surface area contributed by atoms with E-state index in [1.807, 2.05) is 0 Å². The Morgan fingerprint density at radius 1 is 1.00 bits per heavy atom. The summed E-state index contributed by atoms with van der Waals surface area (Å²) in [4.78, 5) is 0. The molecule has 76 valence electrons. The van der Waals surface area contributed by atoms with Gasteiger partial charge in [-0.2, -0.15) is 0 Å². The van der Waals surface area contributed by atoms with Crippen molar-refractivity contribution in [2.75, 3.05) is 6.61 Å². The van der Waals surface area contributed by atoms with Crippen LogP contribution >= 0.6 is 0 Å². The Morgan fingerprint density at radius 2 is 1.69 bits per heavy atom. The van der Waals surface area contributed by atoms with Gasteiger partial charge in [-0.3, -0.25) is 0 Å². The predicted molar refractivity (Wildman–Crippen MR) is 58.8 cm³/mol. The SMILES string of the molecule is C[SiH](C1CCCC1)C1CCCCO1. The van der Waals surface area contributed by atoms with Crippen LogP contribution < -0.4 is 0 Å². The molecule has 0 aromatic heterocycles. The summed E-state index contributed by atoms with van der Waals surface area (Å²) in [5.41, 5.74) is 1.85. The number of hydrogen-bond acceptors (Lipinski definition) is 1. The summed E-state index contributed by atoms with van der Waals surface area (Å²) in [7, 11) is -0.558. The molecule has 0 N–H and O–H groups in total. The van der Waals surface area contributed by atoms with Gasteiger partial charge >= 0.3 is 0 Å². The van der Waals surface area contributed by atoms with Crippen molar-refractivity contribution in [1.29, 1.82) is 0 Å². The average Bonchev–Trinajstić information content (AvgIpc) is 2.71. The molecule has 2 atom stereocenters. The second kappa shape index (κ2) is 4.60. The van der Waals surface area contributed by atoms with Crippen LogP contribution in [0.15, 0.2) is 0 Å². The monoisotopic (exact) mass is 198 g/mol. The minimum atomic E-state index is -0.558. The van der Waals surface area contributed by atoms with Crippen LogP contribution in [0.1, 0.15) is 44.9 Å². The summed E-state index contributed by atoms with van der Waals surface area (Å²) in [6.45, 7) is 3.60. The van der Waals surface area contributed by atoms with Crippen LogP contribution in [0, 0.1) is 0 Å². The first-order chi connectivity index (χ1) is 6.38. The Labute approximate surface area is 83.5 Å². The van der Waals surface area contributed by atoms with Crippen LogP contribution in [0.4, 0.5) is 0 Å². The van der Waals surface area contributed by atoms with E-state index in [2.05, 4.69) is 6.55 Å². The Morgan fingerprint density at radius 3 is 2.31 bits per heavy atom. The molecule has 0 aromatic rings.